The molecule has 128 valence electrons. The van der Waals surface area contributed by atoms with Crippen LogP contribution in [0.15, 0.2) is 24.3 Å². The van der Waals surface area contributed by atoms with Crippen LogP contribution < -0.4 is 10.6 Å². The van der Waals surface area contributed by atoms with E-state index < -0.39 is 5.54 Å². The summed E-state index contributed by atoms with van der Waals surface area (Å²) in [4.78, 5) is 28.7. The maximum absolute atomic E-state index is 13.8. The fourth-order valence-electron chi connectivity index (χ4n) is 2.21. The molecule has 1 heterocycles. The van der Waals surface area contributed by atoms with Crippen molar-refractivity contribution in [1.82, 2.24) is 10.3 Å². The molecule has 24 heavy (non-hydrogen) atoms. The number of carbonyl (C=O) groups is 2. The quantitative estimate of drug-likeness (QED) is 0.872. The fraction of sp³-hybridized carbons (Fsp3) is 0.353. The number of thiazole rings is 1. The van der Waals surface area contributed by atoms with Gasteiger partial charge in [0.1, 0.15) is 11.4 Å². The largest absolute Gasteiger partial charge is 0.342 e. The van der Waals surface area contributed by atoms with Crippen LogP contribution in [0.3, 0.4) is 0 Å². The average molecular weight is 349 g/mol. The summed E-state index contributed by atoms with van der Waals surface area (Å²) in [5, 5.41) is 5.73. The van der Waals surface area contributed by atoms with E-state index >= 15 is 0 Å². The highest BCUT2D eigenvalue weighted by atomic mass is 32.1. The number of aryl methyl sites for hydroxylation is 1. The van der Waals surface area contributed by atoms with Gasteiger partial charge in [-0.15, -0.1) is 11.3 Å². The third-order valence-electron chi connectivity index (χ3n) is 3.48. The number of aromatic nitrogens is 1. The highest BCUT2D eigenvalue weighted by molar-refractivity contribution is 7.15. The normalized spacial score (nSPS) is 11.2. The monoisotopic (exact) mass is 349 g/mol. The zero-order valence-corrected chi connectivity index (χ0v) is 14.9. The summed E-state index contributed by atoms with van der Waals surface area (Å²) in [5.41, 5.74) is 0.286. The minimum atomic E-state index is -1.04. The summed E-state index contributed by atoms with van der Waals surface area (Å²) < 4.78 is 13.8. The lowest BCUT2D eigenvalue weighted by molar-refractivity contribution is -0.128. The summed E-state index contributed by atoms with van der Waals surface area (Å²) >= 11 is 1.30. The molecule has 0 saturated carbocycles. The molecule has 0 aliphatic rings. The van der Waals surface area contributed by atoms with E-state index in [2.05, 4.69) is 15.6 Å². The van der Waals surface area contributed by atoms with Crippen LogP contribution in [0.2, 0.25) is 0 Å². The summed E-state index contributed by atoms with van der Waals surface area (Å²) in [5.74, 6) is -0.905. The van der Waals surface area contributed by atoms with Gasteiger partial charge in [-0.05, 0) is 32.4 Å². The first-order valence-corrected chi connectivity index (χ1v) is 8.30. The molecule has 0 unspecified atom stereocenters. The molecule has 0 fully saturated rings. The van der Waals surface area contributed by atoms with E-state index in [1.807, 2.05) is 6.92 Å². The molecule has 0 spiro atoms. The van der Waals surface area contributed by atoms with E-state index in [1.54, 1.807) is 32.0 Å². The fourth-order valence-corrected chi connectivity index (χ4v) is 3.19. The van der Waals surface area contributed by atoms with E-state index in [4.69, 9.17) is 0 Å². The molecule has 0 bridgehead atoms. The van der Waals surface area contributed by atoms with Gasteiger partial charge in [-0.25, -0.2) is 9.37 Å². The Balaban J connectivity index is 2.13. The Morgan fingerprint density at radius 3 is 2.58 bits per heavy atom. The van der Waals surface area contributed by atoms with Gasteiger partial charge in [0, 0.05) is 18.2 Å². The van der Waals surface area contributed by atoms with Gasteiger partial charge in [-0.2, -0.15) is 0 Å². The van der Waals surface area contributed by atoms with Crippen molar-refractivity contribution in [3.63, 3.8) is 0 Å². The predicted molar refractivity (Wildman–Crippen MR) is 92.6 cm³/mol. The van der Waals surface area contributed by atoms with Crippen molar-refractivity contribution in [2.75, 3.05) is 5.32 Å². The van der Waals surface area contributed by atoms with Crippen LogP contribution in [-0.4, -0.2) is 22.3 Å². The first-order chi connectivity index (χ1) is 11.2. The molecular weight excluding hydrogens is 329 g/mol. The van der Waals surface area contributed by atoms with Gasteiger partial charge in [0.25, 0.3) is 5.91 Å². The average Bonchev–Trinajstić information content (AvgIpc) is 2.80. The number of hydrogen-bond acceptors (Lipinski definition) is 4. The lowest BCUT2D eigenvalue weighted by Crippen LogP contribution is -2.51. The molecule has 0 aliphatic carbocycles. The number of rotatable bonds is 5. The second-order valence-corrected chi connectivity index (χ2v) is 7.14. The smallest absolute Gasteiger partial charge is 0.251 e. The Morgan fingerprint density at radius 1 is 1.29 bits per heavy atom. The first-order valence-electron chi connectivity index (χ1n) is 7.49. The second kappa shape index (κ2) is 7.09. The van der Waals surface area contributed by atoms with E-state index in [1.165, 1.54) is 24.3 Å². The molecule has 2 rings (SSSR count). The lowest BCUT2D eigenvalue weighted by atomic mass is 10.1. The highest BCUT2D eigenvalue weighted by Crippen LogP contribution is 2.26. The number of nitrogens with zero attached hydrogens (tertiary/aromatic N) is 1. The SMILES string of the molecule is CC(=O)NC(C)(C)C(=O)Nc1nc(C)c(Cc2ccccc2F)s1. The number of amides is 2. The summed E-state index contributed by atoms with van der Waals surface area (Å²) in [6.07, 6.45) is 0.418. The third kappa shape index (κ3) is 4.38. The van der Waals surface area contributed by atoms with Crippen molar-refractivity contribution in [3.8, 4) is 0 Å². The standard InChI is InChI=1S/C17H20FN3O2S/c1-10-14(9-12-7-5-6-8-13(12)18)24-16(19-10)20-15(23)17(3,4)21-11(2)22/h5-8H,9H2,1-4H3,(H,21,22)(H,19,20,23). The number of anilines is 1. The summed E-state index contributed by atoms with van der Waals surface area (Å²) in [7, 11) is 0. The van der Waals surface area contributed by atoms with Crippen molar-refractivity contribution in [2.45, 2.75) is 39.7 Å². The molecule has 2 aromatic rings. The topological polar surface area (TPSA) is 71.1 Å². The number of halogens is 1. The van der Waals surface area contributed by atoms with Crippen LogP contribution >= 0.6 is 11.3 Å². The molecule has 0 aliphatic heterocycles. The van der Waals surface area contributed by atoms with Crippen LogP contribution in [0.4, 0.5) is 9.52 Å². The van der Waals surface area contributed by atoms with Gasteiger partial charge in [0.15, 0.2) is 5.13 Å². The molecule has 5 nitrogen and oxygen atoms in total. The minimum Gasteiger partial charge on any atom is -0.342 e. The van der Waals surface area contributed by atoms with Crippen LogP contribution in [0, 0.1) is 12.7 Å². The number of carbonyl (C=O) groups excluding carboxylic acids is 2. The van der Waals surface area contributed by atoms with Crippen molar-refractivity contribution in [2.24, 2.45) is 0 Å². The molecule has 2 N–H and O–H groups in total. The van der Waals surface area contributed by atoms with Crippen molar-refractivity contribution >= 4 is 28.3 Å². The Morgan fingerprint density at radius 2 is 1.96 bits per heavy atom. The minimum absolute atomic E-state index is 0.261. The number of hydrogen-bond donors (Lipinski definition) is 2. The van der Waals surface area contributed by atoms with E-state index in [0.717, 1.165) is 10.6 Å². The molecule has 2 amide bonds. The molecule has 1 aromatic carbocycles. The predicted octanol–water partition coefficient (Wildman–Crippen LogP) is 3.03. The van der Waals surface area contributed by atoms with Gasteiger partial charge in [-0.3, -0.25) is 14.9 Å². The van der Waals surface area contributed by atoms with Gasteiger partial charge in [0.2, 0.25) is 5.91 Å². The van der Waals surface area contributed by atoms with Gasteiger partial charge < -0.3 is 5.32 Å². The molecule has 0 atom stereocenters. The highest BCUT2D eigenvalue weighted by Gasteiger charge is 2.29. The van der Waals surface area contributed by atoms with Crippen LogP contribution in [0.25, 0.3) is 0 Å². The maximum atomic E-state index is 13.8. The maximum Gasteiger partial charge on any atom is 0.251 e. The lowest BCUT2D eigenvalue weighted by Gasteiger charge is -2.23. The van der Waals surface area contributed by atoms with E-state index in [9.17, 15) is 14.0 Å². The van der Waals surface area contributed by atoms with Crippen LogP contribution in [-0.2, 0) is 16.0 Å². The number of nitrogens with one attached hydrogen (secondary N) is 2. The Hall–Kier alpha value is -2.28. The van der Waals surface area contributed by atoms with Gasteiger partial charge in [0.05, 0.1) is 5.69 Å². The van der Waals surface area contributed by atoms with Crippen LogP contribution in [0.1, 0.15) is 36.9 Å². The van der Waals surface area contributed by atoms with E-state index in [-0.39, 0.29) is 17.6 Å². The third-order valence-corrected chi connectivity index (χ3v) is 4.55. The zero-order chi connectivity index (χ0) is 17.9. The molecule has 7 heteroatoms. The van der Waals surface area contributed by atoms with Crippen molar-refractivity contribution < 1.29 is 14.0 Å². The van der Waals surface area contributed by atoms with Gasteiger partial charge in [-0.1, -0.05) is 18.2 Å². The van der Waals surface area contributed by atoms with E-state index in [0.29, 0.717) is 17.1 Å². The van der Waals surface area contributed by atoms with Crippen molar-refractivity contribution in [1.29, 1.82) is 0 Å². The second-order valence-electron chi connectivity index (χ2n) is 6.06. The van der Waals surface area contributed by atoms with Crippen LogP contribution in [0.5, 0.6) is 0 Å². The first kappa shape index (κ1) is 18.1. The zero-order valence-electron chi connectivity index (χ0n) is 14.1. The molecular formula is C17H20FN3O2S. The van der Waals surface area contributed by atoms with Gasteiger partial charge >= 0.3 is 0 Å². The molecule has 0 saturated heterocycles. The molecule has 0 radical (unpaired) electrons. The summed E-state index contributed by atoms with van der Waals surface area (Å²) in [6.45, 7) is 6.41. The Bertz CT molecular complexity index is 771. The molecule has 1 aromatic heterocycles. The van der Waals surface area contributed by atoms with Crippen molar-refractivity contribution in [3.05, 3.63) is 46.2 Å². The summed E-state index contributed by atoms with van der Waals surface area (Å²) in [6, 6.07) is 6.58. The number of benzene rings is 1. The Kier molecular flexibility index (Phi) is 5.33. The Labute approximate surface area is 144 Å².